The number of aliphatic hydroxyl groups excluding tert-OH is 1. The lowest BCUT2D eigenvalue weighted by molar-refractivity contribution is -0.207. The minimum absolute atomic E-state index is 0.0342. The summed E-state index contributed by atoms with van der Waals surface area (Å²) in [6.07, 6.45) is -12.4. The molecule has 1 aromatic carbocycles. The van der Waals surface area contributed by atoms with E-state index in [2.05, 4.69) is 11.6 Å². The van der Waals surface area contributed by atoms with Gasteiger partial charge in [0.1, 0.15) is 12.3 Å². The number of benzene rings is 1. The number of alkyl halides is 6. The van der Waals surface area contributed by atoms with Crippen LogP contribution in [0, 0.1) is 3.57 Å². The molecule has 0 aliphatic heterocycles. The Balaban J connectivity index is 2.60. The minimum atomic E-state index is -4.95. The van der Waals surface area contributed by atoms with Crippen LogP contribution >= 0.6 is 22.6 Å². The van der Waals surface area contributed by atoms with Crippen LogP contribution in [0.5, 0.6) is 5.75 Å². The normalized spacial score (nSPS) is 13.3. The maximum atomic E-state index is 12.9. The lowest BCUT2D eigenvalue weighted by Crippen LogP contribution is -2.22. The number of halogens is 7. The number of hydrogen-bond donors (Lipinski definition) is 1. The molecule has 0 radical (unpaired) electrons. The molecule has 0 fully saturated rings. The highest BCUT2D eigenvalue weighted by molar-refractivity contribution is 14.1. The molecule has 0 amide bonds. The van der Waals surface area contributed by atoms with Gasteiger partial charge >= 0.3 is 12.4 Å². The SMILES string of the molecule is C=C(C)COc1c(I)cc(C(O)C(F)(F)F)nc1-c1ccc(C(F)(F)F)cc1. The molecule has 1 N–H and O–H groups in total. The molecule has 3 nitrogen and oxygen atoms in total. The van der Waals surface area contributed by atoms with Crippen molar-refractivity contribution in [3.63, 3.8) is 0 Å². The van der Waals surface area contributed by atoms with Gasteiger partial charge in [-0.05, 0) is 53.3 Å². The van der Waals surface area contributed by atoms with Gasteiger partial charge in [0.15, 0.2) is 11.9 Å². The zero-order valence-electron chi connectivity index (χ0n) is 14.3. The van der Waals surface area contributed by atoms with Gasteiger partial charge in [0.25, 0.3) is 0 Å². The van der Waals surface area contributed by atoms with Crippen LogP contribution in [-0.4, -0.2) is 22.9 Å². The van der Waals surface area contributed by atoms with Crippen molar-refractivity contribution >= 4 is 22.6 Å². The molecule has 1 aromatic heterocycles. The summed E-state index contributed by atoms with van der Waals surface area (Å²) in [5.74, 6) is 0.0847. The average molecular weight is 517 g/mol. The Morgan fingerprint density at radius 2 is 1.75 bits per heavy atom. The van der Waals surface area contributed by atoms with Crippen molar-refractivity contribution in [3.8, 4) is 17.0 Å². The number of aromatic nitrogens is 1. The van der Waals surface area contributed by atoms with Crippen LogP contribution in [0.25, 0.3) is 11.3 Å². The molecular formula is C18H14F6INO2. The zero-order valence-corrected chi connectivity index (χ0v) is 16.5. The van der Waals surface area contributed by atoms with Gasteiger partial charge in [-0.25, -0.2) is 4.98 Å². The van der Waals surface area contributed by atoms with Crippen molar-refractivity contribution in [1.29, 1.82) is 0 Å². The highest BCUT2D eigenvalue weighted by Crippen LogP contribution is 2.39. The van der Waals surface area contributed by atoms with E-state index in [1.165, 1.54) is 0 Å². The summed E-state index contributed by atoms with van der Waals surface area (Å²) in [6, 6.07) is 4.76. The third-order valence-corrected chi connectivity index (χ3v) is 4.29. The van der Waals surface area contributed by atoms with Crippen LogP contribution < -0.4 is 4.74 Å². The van der Waals surface area contributed by atoms with Crippen molar-refractivity contribution < 1.29 is 36.2 Å². The van der Waals surface area contributed by atoms with Gasteiger partial charge in [0.2, 0.25) is 0 Å². The molecule has 1 unspecified atom stereocenters. The fourth-order valence-electron chi connectivity index (χ4n) is 2.17. The second-order valence-electron chi connectivity index (χ2n) is 5.97. The first-order valence-electron chi connectivity index (χ1n) is 7.70. The monoisotopic (exact) mass is 517 g/mol. The molecule has 0 saturated carbocycles. The number of pyridine rings is 1. The standard InChI is InChI=1S/C18H14F6INO2/c1-9(2)8-28-15-12(25)7-13(16(27)18(22,23)24)26-14(15)10-3-5-11(6-4-10)17(19,20)21/h3-7,16,27H,1,8H2,2H3. The minimum Gasteiger partial charge on any atom is -0.486 e. The predicted molar refractivity (Wildman–Crippen MR) is 98.7 cm³/mol. The van der Waals surface area contributed by atoms with E-state index in [4.69, 9.17) is 4.74 Å². The smallest absolute Gasteiger partial charge is 0.420 e. The van der Waals surface area contributed by atoms with E-state index in [-0.39, 0.29) is 27.2 Å². The van der Waals surface area contributed by atoms with Crippen molar-refractivity contribution in [2.45, 2.75) is 25.4 Å². The van der Waals surface area contributed by atoms with Crippen molar-refractivity contribution in [2.75, 3.05) is 6.61 Å². The molecular weight excluding hydrogens is 503 g/mol. The number of hydrogen-bond acceptors (Lipinski definition) is 3. The van der Waals surface area contributed by atoms with Gasteiger partial charge in [-0.1, -0.05) is 18.7 Å². The average Bonchev–Trinajstić information content (AvgIpc) is 2.57. The Morgan fingerprint density at radius 3 is 2.21 bits per heavy atom. The van der Waals surface area contributed by atoms with Crippen LogP contribution in [0.1, 0.15) is 24.3 Å². The first-order valence-corrected chi connectivity index (χ1v) is 8.78. The van der Waals surface area contributed by atoms with E-state index in [0.717, 1.165) is 30.3 Å². The Kier molecular flexibility index (Phi) is 6.64. The van der Waals surface area contributed by atoms with Crippen LogP contribution in [0.15, 0.2) is 42.5 Å². The van der Waals surface area contributed by atoms with Crippen molar-refractivity contribution in [1.82, 2.24) is 4.98 Å². The molecule has 0 aliphatic rings. The summed E-state index contributed by atoms with van der Waals surface area (Å²) < 4.78 is 82.7. The molecule has 152 valence electrons. The summed E-state index contributed by atoms with van der Waals surface area (Å²) in [5, 5.41) is 9.52. The first-order chi connectivity index (χ1) is 12.8. The van der Waals surface area contributed by atoms with E-state index < -0.39 is 29.7 Å². The predicted octanol–water partition coefficient (Wildman–Crippen LogP) is 5.92. The Hall–Kier alpha value is -1.82. The zero-order chi connectivity index (χ0) is 21.3. The van der Waals surface area contributed by atoms with Gasteiger partial charge in [0.05, 0.1) is 14.8 Å². The number of rotatable bonds is 5. The summed E-state index contributed by atoms with van der Waals surface area (Å²) in [6.45, 7) is 5.36. The molecule has 0 saturated heterocycles. The molecule has 0 aliphatic carbocycles. The van der Waals surface area contributed by atoms with Gasteiger partial charge in [-0.3, -0.25) is 0 Å². The van der Waals surface area contributed by atoms with Crippen LogP contribution in [-0.2, 0) is 6.18 Å². The molecule has 0 spiro atoms. The fourth-order valence-corrected chi connectivity index (χ4v) is 2.90. The third kappa shape index (κ3) is 5.37. The number of nitrogens with zero attached hydrogens (tertiary/aromatic N) is 1. The van der Waals surface area contributed by atoms with Crippen molar-refractivity contribution in [2.24, 2.45) is 0 Å². The van der Waals surface area contributed by atoms with Crippen LogP contribution in [0.4, 0.5) is 26.3 Å². The Morgan fingerprint density at radius 1 is 1.18 bits per heavy atom. The lowest BCUT2D eigenvalue weighted by Gasteiger charge is -2.19. The fraction of sp³-hybridized carbons (Fsp3) is 0.278. The van der Waals surface area contributed by atoms with Crippen LogP contribution in [0.2, 0.25) is 0 Å². The molecule has 1 atom stereocenters. The van der Waals surface area contributed by atoms with Crippen LogP contribution in [0.3, 0.4) is 0 Å². The lowest BCUT2D eigenvalue weighted by atomic mass is 10.1. The van der Waals surface area contributed by atoms with Gasteiger partial charge < -0.3 is 9.84 Å². The Bertz CT molecular complexity index is 862. The summed E-state index contributed by atoms with van der Waals surface area (Å²) >= 11 is 1.71. The summed E-state index contributed by atoms with van der Waals surface area (Å²) in [5.41, 5.74) is -0.982. The second kappa shape index (κ2) is 8.27. The van der Waals surface area contributed by atoms with Crippen molar-refractivity contribution in [3.05, 3.63) is 57.3 Å². The summed E-state index contributed by atoms with van der Waals surface area (Å²) in [7, 11) is 0. The maximum Gasteiger partial charge on any atom is 0.420 e. The molecule has 0 bridgehead atoms. The Labute approximate surface area is 170 Å². The third-order valence-electron chi connectivity index (χ3n) is 3.49. The van der Waals surface area contributed by atoms with E-state index >= 15 is 0 Å². The van der Waals surface area contributed by atoms with E-state index in [1.54, 1.807) is 29.5 Å². The first kappa shape index (κ1) is 22.5. The topological polar surface area (TPSA) is 42.4 Å². The van der Waals surface area contributed by atoms with Gasteiger partial charge in [-0.2, -0.15) is 26.3 Å². The molecule has 28 heavy (non-hydrogen) atoms. The largest absolute Gasteiger partial charge is 0.486 e. The highest BCUT2D eigenvalue weighted by atomic mass is 127. The molecule has 2 rings (SSSR count). The molecule has 2 aromatic rings. The number of aliphatic hydroxyl groups is 1. The van der Waals surface area contributed by atoms with E-state index in [1.807, 2.05) is 0 Å². The second-order valence-corrected chi connectivity index (χ2v) is 7.13. The van der Waals surface area contributed by atoms with Gasteiger partial charge in [0, 0.05) is 5.56 Å². The maximum absolute atomic E-state index is 12.9. The summed E-state index contributed by atoms with van der Waals surface area (Å²) in [4.78, 5) is 3.83. The number of ether oxygens (including phenoxy) is 1. The quantitative estimate of drug-likeness (QED) is 0.304. The molecule has 1 heterocycles. The molecule has 10 heteroatoms. The highest BCUT2D eigenvalue weighted by Gasteiger charge is 2.41. The van der Waals surface area contributed by atoms with E-state index in [0.29, 0.717) is 5.57 Å². The van der Waals surface area contributed by atoms with Gasteiger partial charge in [-0.15, -0.1) is 0 Å². The van der Waals surface area contributed by atoms with E-state index in [9.17, 15) is 31.4 Å².